The van der Waals surface area contributed by atoms with Crippen LogP contribution in [0.4, 0.5) is 4.39 Å². The summed E-state index contributed by atoms with van der Waals surface area (Å²) in [4.78, 5) is 10.3. The molecule has 0 aliphatic rings. The van der Waals surface area contributed by atoms with E-state index in [0.717, 1.165) is 0 Å². The van der Waals surface area contributed by atoms with Gasteiger partial charge in [-0.05, 0) is 18.6 Å². The first-order valence-electron chi connectivity index (χ1n) is 4.26. The minimum atomic E-state index is -0.559. The van der Waals surface area contributed by atoms with Crippen molar-refractivity contribution in [3.8, 4) is 5.75 Å². The SMILES string of the molecule is C=CCCOc1ccc(C=O)c(F)c1. The van der Waals surface area contributed by atoms with Gasteiger partial charge in [-0.15, -0.1) is 6.58 Å². The number of aldehydes is 1. The van der Waals surface area contributed by atoms with Gasteiger partial charge in [0, 0.05) is 6.07 Å². The van der Waals surface area contributed by atoms with E-state index in [-0.39, 0.29) is 5.56 Å². The molecule has 0 fully saturated rings. The summed E-state index contributed by atoms with van der Waals surface area (Å²) < 4.78 is 18.2. The quantitative estimate of drug-likeness (QED) is 0.409. The van der Waals surface area contributed by atoms with Gasteiger partial charge < -0.3 is 4.74 Å². The predicted molar refractivity (Wildman–Crippen MR) is 52.1 cm³/mol. The smallest absolute Gasteiger partial charge is 0.152 e. The highest BCUT2D eigenvalue weighted by molar-refractivity contribution is 5.75. The van der Waals surface area contributed by atoms with E-state index in [2.05, 4.69) is 6.58 Å². The molecule has 0 spiro atoms. The second-order valence-electron chi connectivity index (χ2n) is 2.73. The van der Waals surface area contributed by atoms with E-state index in [0.29, 0.717) is 25.1 Å². The normalized spacial score (nSPS) is 9.50. The summed E-state index contributed by atoms with van der Waals surface area (Å²) in [5.74, 6) is -0.133. The Labute approximate surface area is 82.0 Å². The van der Waals surface area contributed by atoms with Crippen molar-refractivity contribution < 1.29 is 13.9 Å². The van der Waals surface area contributed by atoms with Crippen molar-refractivity contribution in [3.05, 3.63) is 42.2 Å². The first-order chi connectivity index (χ1) is 6.77. The van der Waals surface area contributed by atoms with Gasteiger partial charge in [0.05, 0.1) is 12.2 Å². The molecule has 0 saturated heterocycles. The van der Waals surface area contributed by atoms with Gasteiger partial charge in [0.15, 0.2) is 6.29 Å². The molecule has 0 aliphatic heterocycles. The minimum Gasteiger partial charge on any atom is -0.493 e. The van der Waals surface area contributed by atoms with Gasteiger partial charge in [0.1, 0.15) is 11.6 Å². The van der Waals surface area contributed by atoms with Crippen molar-refractivity contribution in [2.24, 2.45) is 0 Å². The molecule has 0 unspecified atom stereocenters. The zero-order valence-electron chi connectivity index (χ0n) is 7.70. The molecule has 1 aromatic carbocycles. The van der Waals surface area contributed by atoms with Crippen LogP contribution in [0.3, 0.4) is 0 Å². The molecule has 0 aromatic heterocycles. The molecule has 0 heterocycles. The van der Waals surface area contributed by atoms with Crippen LogP contribution in [0.15, 0.2) is 30.9 Å². The summed E-state index contributed by atoms with van der Waals surface area (Å²) in [7, 11) is 0. The Hall–Kier alpha value is -1.64. The zero-order chi connectivity index (χ0) is 10.4. The second-order valence-corrected chi connectivity index (χ2v) is 2.73. The van der Waals surface area contributed by atoms with E-state index in [1.807, 2.05) is 0 Å². The molecule has 0 amide bonds. The van der Waals surface area contributed by atoms with Crippen LogP contribution >= 0.6 is 0 Å². The third kappa shape index (κ3) is 2.69. The van der Waals surface area contributed by atoms with Gasteiger partial charge >= 0.3 is 0 Å². The summed E-state index contributed by atoms with van der Waals surface area (Å²) in [6.45, 7) is 4.00. The number of carbonyl (C=O) groups excluding carboxylic acids is 1. The van der Waals surface area contributed by atoms with E-state index in [1.54, 1.807) is 12.1 Å². The van der Waals surface area contributed by atoms with Crippen LogP contribution in [0.1, 0.15) is 16.8 Å². The Balaban J connectivity index is 2.66. The van der Waals surface area contributed by atoms with Gasteiger partial charge in [0.2, 0.25) is 0 Å². The molecule has 2 nitrogen and oxygen atoms in total. The highest BCUT2D eigenvalue weighted by atomic mass is 19.1. The van der Waals surface area contributed by atoms with Crippen molar-refractivity contribution in [1.82, 2.24) is 0 Å². The van der Waals surface area contributed by atoms with E-state index in [9.17, 15) is 9.18 Å². The third-order valence-electron chi connectivity index (χ3n) is 1.69. The van der Waals surface area contributed by atoms with Crippen molar-refractivity contribution in [3.63, 3.8) is 0 Å². The van der Waals surface area contributed by atoms with Crippen LogP contribution in [0, 0.1) is 5.82 Å². The van der Waals surface area contributed by atoms with E-state index < -0.39 is 5.82 Å². The highest BCUT2D eigenvalue weighted by Crippen LogP contribution is 2.15. The average Bonchev–Trinajstić information content (AvgIpc) is 2.18. The maximum Gasteiger partial charge on any atom is 0.152 e. The fourth-order valence-corrected chi connectivity index (χ4v) is 0.953. The lowest BCUT2D eigenvalue weighted by atomic mass is 10.2. The fraction of sp³-hybridized carbons (Fsp3) is 0.182. The number of benzene rings is 1. The van der Waals surface area contributed by atoms with Crippen LogP contribution < -0.4 is 4.74 Å². The molecule has 0 aliphatic carbocycles. The first kappa shape index (κ1) is 10.4. The second kappa shape index (κ2) is 5.17. The molecule has 0 bridgehead atoms. The Morgan fingerprint density at radius 2 is 2.29 bits per heavy atom. The molecule has 0 N–H and O–H groups in total. The molecule has 0 atom stereocenters. The van der Waals surface area contributed by atoms with Gasteiger partial charge in [-0.1, -0.05) is 6.08 Å². The molecule has 0 radical (unpaired) electrons. The fourth-order valence-electron chi connectivity index (χ4n) is 0.953. The largest absolute Gasteiger partial charge is 0.493 e. The number of hydrogen-bond acceptors (Lipinski definition) is 2. The van der Waals surface area contributed by atoms with Crippen LogP contribution in [0.2, 0.25) is 0 Å². The topological polar surface area (TPSA) is 26.3 Å². The van der Waals surface area contributed by atoms with Crippen LogP contribution in [0.5, 0.6) is 5.75 Å². The maximum absolute atomic E-state index is 13.0. The molecule has 74 valence electrons. The number of rotatable bonds is 5. The Bertz CT molecular complexity index is 334. The summed E-state index contributed by atoms with van der Waals surface area (Å²) in [6, 6.07) is 4.16. The number of ether oxygens (including phenoxy) is 1. The summed E-state index contributed by atoms with van der Waals surface area (Å²) >= 11 is 0. The predicted octanol–water partition coefficient (Wildman–Crippen LogP) is 2.59. The van der Waals surface area contributed by atoms with Crippen LogP contribution in [-0.2, 0) is 0 Å². The summed E-state index contributed by atoms with van der Waals surface area (Å²) in [6.07, 6.45) is 2.90. The Morgan fingerprint density at radius 1 is 1.50 bits per heavy atom. The van der Waals surface area contributed by atoms with Gasteiger partial charge in [-0.3, -0.25) is 4.79 Å². The lowest BCUT2D eigenvalue weighted by Crippen LogP contribution is -1.97. The monoisotopic (exact) mass is 194 g/mol. The van der Waals surface area contributed by atoms with E-state index in [4.69, 9.17) is 4.74 Å². The summed E-state index contributed by atoms with van der Waals surface area (Å²) in [5, 5.41) is 0. The number of carbonyl (C=O) groups is 1. The molecule has 0 saturated carbocycles. The first-order valence-corrected chi connectivity index (χ1v) is 4.26. The number of halogens is 1. The molecule has 14 heavy (non-hydrogen) atoms. The summed E-state index contributed by atoms with van der Waals surface area (Å²) in [5.41, 5.74) is 0.0427. The molecule has 3 heteroatoms. The highest BCUT2D eigenvalue weighted by Gasteiger charge is 2.02. The Morgan fingerprint density at radius 3 is 2.86 bits per heavy atom. The molecule has 1 rings (SSSR count). The van der Waals surface area contributed by atoms with Crippen molar-refractivity contribution in [2.75, 3.05) is 6.61 Å². The third-order valence-corrected chi connectivity index (χ3v) is 1.69. The maximum atomic E-state index is 13.0. The van der Waals surface area contributed by atoms with E-state index in [1.165, 1.54) is 12.1 Å². The Kier molecular flexibility index (Phi) is 3.85. The lowest BCUT2D eigenvalue weighted by molar-refractivity contribution is 0.112. The minimum absolute atomic E-state index is 0.0427. The molecular formula is C11H11FO2. The zero-order valence-corrected chi connectivity index (χ0v) is 7.70. The number of hydrogen-bond donors (Lipinski definition) is 0. The lowest BCUT2D eigenvalue weighted by Gasteiger charge is -2.04. The molecular weight excluding hydrogens is 183 g/mol. The van der Waals surface area contributed by atoms with Gasteiger partial charge in [-0.2, -0.15) is 0 Å². The molecule has 1 aromatic rings. The van der Waals surface area contributed by atoms with Crippen molar-refractivity contribution >= 4 is 6.29 Å². The standard InChI is InChI=1S/C11H11FO2/c1-2-3-6-14-10-5-4-9(8-13)11(12)7-10/h2,4-5,7-8H,1,3,6H2. The van der Waals surface area contributed by atoms with E-state index >= 15 is 0 Å². The van der Waals surface area contributed by atoms with Crippen LogP contribution in [-0.4, -0.2) is 12.9 Å². The van der Waals surface area contributed by atoms with Crippen molar-refractivity contribution in [1.29, 1.82) is 0 Å². The van der Waals surface area contributed by atoms with Gasteiger partial charge in [-0.25, -0.2) is 4.39 Å². The average molecular weight is 194 g/mol. The van der Waals surface area contributed by atoms with Crippen LogP contribution in [0.25, 0.3) is 0 Å². The van der Waals surface area contributed by atoms with Gasteiger partial charge in [0.25, 0.3) is 0 Å². The van der Waals surface area contributed by atoms with Crippen molar-refractivity contribution in [2.45, 2.75) is 6.42 Å².